The van der Waals surface area contributed by atoms with Crippen LogP contribution in [0.5, 0.6) is 5.75 Å². The molecule has 3 rings (SSSR count). The van der Waals surface area contributed by atoms with E-state index in [1.165, 1.54) is 17.0 Å². The average Bonchev–Trinajstić information content (AvgIpc) is 2.68. The van der Waals surface area contributed by atoms with Gasteiger partial charge in [-0.1, -0.05) is 29.8 Å². The second kappa shape index (κ2) is 9.31. The zero-order valence-corrected chi connectivity index (χ0v) is 16.7. The molecule has 0 radical (unpaired) electrons. The van der Waals surface area contributed by atoms with Gasteiger partial charge >= 0.3 is 18.4 Å². The first-order valence-electron chi connectivity index (χ1n) is 9.02. The Bertz CT molecular complexity index is 942. The third kappa shape index (κ3) is 5.92. The first kappa shape index (κ1) is 22.5. The number of anilines is 1. The number of nitrogens with zero attached hydrogens (tertiary/aromatic N) is 2. The van der Waals surface area contributed by atoms with Crippen LogP contribution in [0.4, 0.5) is 28.4 Å². The lowest BCUT2D eigenvalue weighted by atomic mass is 10.2. The summed E-state index contributed by atoms with van der Waals surface area (Å²) >= 11 is 5.89. The summed E-state index contributed by atoms with van der Waals surface area (Å²) in [5.41, 5.74) is 0.871. The van der Waals surface area contributed by atoms with Crippen LogP contribution in [-0.4, -0.2) is 52.8 Å². The normalized spacial score (nSPS) is 16.9. The topological polar surface area (TPSA) is 94.1 Å². The van der Waals surface area contributed by atoms with Gasteiger partial charge in [-0.3, -0.25) is 10.2 Å². The minimum Gasteiger partial charge on any atom is -0.406 e. The quantitative estimate of drug-likeness (QED) is 0.589. The number of carbonyl (C=O) groups is 2. The first-order chi connectivity index (χ1) is 14.7. The van der Waals surface area contributed by atoms with Gasteiger partial charge in [-0.2, -0.15) is 0 Å². The fraction of sp³-hybridized carbons (Fsp3) is 0.263. The van der Waals surface area contributed by atoms with Crippen LogP contribution in [0.15, 0.2) is 48.5 Å². The Hall–Kier alpha value is -3.18. The van der Waals surface area contributed by atoms with Gasteiger partial charge in [-0.25, -0.2) is 14.5 Å². The highest BCUT2D eigenvalue weighted by molar-refractivity contribution is 6.30. The second-order valence-electron chi connectivity index (χ2n) is 6.48. The largest absolute Gasteiger partial charge is 0.573 e. The molecule has 8 nitrogen and oxygen atoms in total. The van der Waals surface area contributed by atoms with Crippen LogP contribution in [0.25, 0.3) is 0 Å². The third-order valence-corrected chi connectivity index (χ3v) is 4.51. The summed E-state index contributed by atoms with van der Waals surface area (Å²) in [7, 11) is 0. The Morgan fingerprint density at radius 1 is 1.16 bits per heavy atom. The molecule has 3 N–H and O–H groups in total. The molecular weight excluding hydrogens is 441 g/mol. The number of aliphatic hydroxyl groups is 1. The van der Waals surface area contributed by atoms with Gasteiger partial charge < -0.3 is 15.2 Å². The number of halogens is 4. The van der Waals surface area contributed by atoms with Crippen molar-refractivity contribution in [3.8, 4) is 5.75 Å². The van der Waals surface area contributed by atoms with Gasteiger partial charge in [0.2, 0.25) is 0 Å². The van der Waals surface area contributed by atoms with Crippen LogP contribution < -0.4 is 15.4 Å². The van der Waals surface area contributed by atoms with Gasteiger partial charge in [0.05, 0.1) is 19.7 Å². The van der Waals surface area contributed by atoms with Crippen LogP contribution in [0.2, 0.25) is 5.02 Å². The van der Waals surface area contributed by atoms with Crippen molar-refractivity contribution < 1.29 is 32.6 Å². The van der Waals surface area contributed by atoms with Crippen molar-refractivity contribution in [3.05, 3.63) is 59.1 Å². The summed E-state index contributed by atoms with van der Waals surface area (Å²) in [6.07, 6.45) is -5.94. The highest BCUT2D eigenvalue weighted by Gasteiger charge is 2.38. The van der Waals surface area contributed by atoms with Crippen LogP contribution in [-0.2, 0) is 6.54 Å². The number of carbonyl (C=O) groups excluding carboxylic acids is 2. The summed E-state index contributed by atoms with van der Waals surface area (Å²) in [6, 6.07) is 10.2. The van der Waals surface area contributed by atoms with E-state index in [0.717, 1.165) is 17.0 Å². The highest BCUT2D eigenvalue weighted by atomic mass is 35.5. The zero-order chi connectivity index (χ0) is 22.6. The third-order valence-electron chi connectivity index (χ3n) is 4.25. The van der Waals surface area contributed by atoms with E-state index in [-0.39, 0.29) is 18.8 Å². The van der Waals surface area contributed by atoms with E-state index in [1.54, 1.807) is 24.3 Å². The Morgan fingerprint density at radius 2 is 1.87 bits per heavy atom. The van der Waals surface area contributed by atoms with Crippen molar-refractivity contribution in [3.63, 3.8) is 0 Å². The fourth-order valence-electron chi connectivity index (χ4n) is 2.92. The standard InChI is InChI=1S/C19H18ClF3N4O4/c20-13-6-4-12(5-7-13)11-27-16(25-17(29)26(8-9-28)18(27)30)24-14-2-1-3-15(10-14)31-19(21,22)23/h1-7,10,16,24,28H,8-9,11H2,(H,25,29). The molecule has 2 aromatic rings. The number of hydrogen-bond acceptors (Lipinski definition) is 5. The molecule has 1 heterocycles. The number of nitrogens with one attached hydrogen (secondary N) is 2. The highest BCUT2D eigenvalue weighted by Crippen LogP contribution is 2.26. The van der Waals surface area contributed by atoms with Gasteiger partial charge in [0, 0.05) is 16.8 Å². The number of rotatable bonds is 7. The maximum absolute atomic E-state index is 12.9. The van der Waals surface area contributed by atoms with Crippen molar-refractivity contribution in [2.24, 2.45) is 0 Å². The Labute approximate surface area is 180 Å². The predicted molar refractivity (Wildman–Crippen MR) is 105 cm³/mol. The van der Waals surface area contributed by atoms with Crippen LogP contribution in [0.3, 0.4) is 0 Å². The molecule has 0 aromatic heterocycles. The van der Waals surface area contributed by atoms with Crippen LogP contribution >= 0.6 is 11.6 Å². The number of benzene rings is 2. The lowest BCUT2D eigenvalue weighted by molar-refractivity contribution is -0.274. The van der Waals surface area contributed by atoms with Crippen molar-refractivity contribution in [2.75, 3.05) is 18.5 Å². The minimum atomic E-state index is -4.86. The molecule has 1 aliphatic heterocycles. The fourth-order valence-corrected chi connectivity index (χ4v) is 3.05. The molecule has 0 saturated carbocycles. The molecule has 12 heteroatoms. The molecule has 1 aliphatic rings. The summed E-state index contributed by atoms with van der Waals surface area (Å²) < 4.78 is 41.4. The van der Waals surface area contributed by atoms with Gasteiger partial charge in [-0.05, 0) is 29.8 Å². The van der Waals surface area contributed by atoms with E-state index in [0.29, 0.717) is 10.6 Å². The van der Waals surface area contributed by atoms with Crippen molar-refractivity contribution in [1.82, 2.24) is 15.1 Å². The molecule has 0 spiro atoms. The number of hydrogen-bond donors (Lipinski definition) is 3. The predicted octanol–water partition coefficient (Wildman–Crippen LogP) is 3.57. The Morgan fingerprint density at radius 3 is 2.52 bits per heavy atom. The van der Waals surface area contributed by atoms with Gasteiger partial charge in [-0.15, -0.1) is 13.2 Å². The maximum Gasteiger partial charge on any atom is 0.573 e. The maximum atomic E-state index is 12.9. The van der Waals surface area contributed by atoms with Crippen molar-refractivity contribution in [1.29, 1.82) is 0 Å². The number of β-amino-alcohol motifs (C(OH)–C–C–N with tert-alkyl or cyclic N) is 1. The van der Waals surface area contributed by atoms with E-state index in [1.807, 2.05) is 0 Å². The second-order valence-corrected chi connectivity index (χ2v) is 6.92. The smallest absolute Gasteiger partial charge is 0.406 e. The number of amides is 4. The Kier molecular flexibility index (Phi) is 6.76. The van der Waals surface area contributed by atoms with Crippen molar-refractivity contribution in [2.45, 2.75) is 19.2 Å². The monoisotopic (exact) mass is 458 g/mol. The van der Waals surface area contributed by atoms with Crippen LogP contribution in [0.1, 0.15) is 5.56 Å². The number of imide groups is 1. The summed E-state index contributed by atoms with van der Waals surface area (Å²) in [5, 5.41) is 15.0. The van der Waals surface area contributed by atoms with E-state index < -0.39 is 37.1 Å². The SMILES string of the molecule is O=C1NC(Nc2cccc(OC(F)(F)F)c2)N(Cc2ccc(Cl)cc2)C(=O)N1CCO. The molecule has 4 amide bonds. The van der Waals surface area contributed by atoms with Gasteiger partial charge in [0.15, 0.2) is 6.29 Å². The molecule has 31 heavy (non-hydrogen) atoms. The molecule has 166 valence electrons. The molecule has 1 unspecified atom stereocenters. The first-order valence-corrected chi connectivity index (χ1v) is 9.40. The molecule has 2 aromatic carbocycles. The van der Waals surface area contributed by atoms with Crippen LogP contribution in [0, 0.1) is 0 Å². The summed E-state index contributed by atoms with van der Waals surface area (Å²) in [6.45, 7) is -0.596. The molecule has 1 saturated heterocycles. The minimum absolute atomic E-state index is 0.0502. The summed E-state index contributed by atoms with van der Waals surface area (Å²) in [4.78, 5) is 27.3. The number of urea groups is 2. The zero-order valence-electron chi connectivity index (χ0n) is 15.9. The van der Waals surface area contributed by atoms with E-state index in [9.17, 15) is 22.8 Å². The van der Waals surface area contributed by atoms with Crippen molar-refractivity contribution >= 4 is 29.4 Å². The molecule has 0 aliphatic carbocycles. The average molecular weight is 459 g/mol. The Balaban J connectivity index is 1.85. The van der Waals surface area contributed by atoms with E-state index >= 15 is 0 Å². The van der Waals surface area contributed by atoms with Gasteiger partial charge in [0.25, 0.3) is 0 Å². The molecule has 1 fully saturated rings. The molecule has 1 atom stereocenters. The van der Waals surface area contributed by atoms with E-state index in [4.69, 9.17) is 16.7 Å². The number of aliphatic hydroxyl groups excluding tert-OH is 1. The number of alkyl halides is 3. The van der Waals surface area contributed by atoms with Gasteiger partial charge in [0.1, 0.15) is 5.75 Å². The molecule has 0 bridgehead atoms. The lowest BCUT2D eigenvalue weighted by Crippen LogP contribution is -2.67. The van der Waals surface area contributed by atoms with E-state index in [2.05, 4.69) is 15.4 Å². The molecular formula is C19H18ClF3N4O4. The lowest BCUT2D eigenvalue weighted by Gasteiger charge is -2.41. The summed E-state index contributed by atoms with van der Waals surface area (Å²) in [5.74, 6) is -0.461. The number of ether oxygens (including phenoxy) is 1.